The lowest BCUT2D eigenvalue weighted by atomic mass is 9.84. The molecule has 1 fully saturated rings. The fourth-order valence-corrected chi connectivity index (χ4v) is 3.17. The van der Waals surface area contributed by atoms with Crippen molar-refractivity contribution in [2.45, 2.75) is 44.8 Å². The molecule has 0 saturated carbocycles. The van der Waals surface area contributed by atoms with Gasteiger partial charge in [-0.1, -0.05) is 44.2 Å². The maximum absolute atomic E-state index is 11.9. The molecule has 0 amide bonds. The standard InChI is InChI=1S/C16H23NO2/c1-4-14-16(11-12-17(14)3,19-15(18)5-2)13-9-7-6-8-10-13/h6-10,14H,4-5,11-12H2,1-3H3/t14-,16+/m1/s1. The van der Waals surface area contributed by atoms with Gasteiger partial charge in [0.2, 0.25) is 0 Å². The van der Waals surface area contributed by atoms with Crippen LogP contribution in [0.3, 0.4) is 0 Å². The number of likely N-dealkylation sites (tertiary alicyclic amines) is 1. The Labute approximate surface area is 115 Å². The highest BCUT2D eigenvalue weighted by molar-refractivity contribution is 5.70. The van der Waals surface area contributed by atoms with E-state index in [0.29, 0.717) is 6.42 Å². The van der Waals surface area contributed by atoms with Gasteiger partial charge in [0, 0.05) is 19.4 Å². The van der Waals surface area contributed by atoms with Crippen molar-refractivity contribution >= 4 is 5.97 Å². The van der Waals surface area contributed by atoms with Gasteiger partial charge in [-0.2, -0.15) is 0 Å². The second-order valence-electron chi connectivity index (χ2n) is 5.24. The smallest absolute Gasteiger partial charge is 0.306 e. The molecule has 3 heteroatoms. The van der Waals surface area contributed by atoms with E-state index in [1.807, 2.05) is 25.1 Å². The van der Waals surface area contributed by atoms with Crippen LogP contribution in [0.2, 0.25) is 0 Å². The molecule has 0 spiro atoms. The van der Waals surface area contributed by atoms with Gasteiger partial charge in [0.15, 0.2) is 5.60 Å². The molecule has 3 nitrogen and oxygen atoms in total. The number of hydrogen-bond acceptors (Lipinski definition) is 3. The third-order valence-electron chi connectivity index (χ3n) is 4.14. The van der Waals surface area contributed by atoms with Gasteiger partial charge >= 0.3 is 5.97 Å². The Morgan fingerprint density at radius 1 is 1.37 bits per heavy atom. The molecule has 1 aromatic rings. The molecule has 1 aliphatic rings. The average Bonchev–Trinajstić information content (AvgIpc) is 2.77. The molecular weight excluding hydrogens is 238 g/mol. The summed E-state index contributed by atoms with van der Waals surface area (Å²) in [4.78, 5) is 14.2. The number of esters is 1. The molecule has 0 bridgehead atoms. The second-order valence-corrected chi connectivity index (χ2v) is 5.24. The Kier molecular flexibility index (Phi) is 4.25. The number of likely N-dealkylation sites (N-methyl/N-ethyl adjacent to an activating group) is 1. The normalized spacial score (nSPS) is 27.4. The first-order valence-corrected chi connectivity index (χ1v) is 7.11. The highest BCUT2D eigenvalue weighted by atomic mass is 16.6. The third-order valence-corrected chi connectivity index (χ3v) is 4.14. The van der Waals surface area contributed by atoms with Crippen LogP contribution in [0.1, 0.15) is 38.7 Å². The Morgan fingerprint density at radius 2 is 2.05 bits per heavy atom. The molecule has 2 rings (SSSR count). The summed E-state index contributed by atoms with van der Waals surface area (Å²) in [5, 5.41) is 0. The van der Waals surface area contributed by atoms with E-state index in [1.54, 1.807) is 0 Å². The zero-order valence-electron chi connectivity index (χ0n) is 12.1. The van der Waals surface area contributed by atoms with E-state index in [-0.39, 0.29) is 12.0 Å². The van der Waals surface area contributed by atoms with E-state index in [2.05, 4.69) is 31.0 Å². The summed E-state index contributed by atoms with van der Waals surface area (Å²) in [7, 11) is 2.11. The zero-order valence-corrected chi connectivity index (χ0v) is 12.1. The van der Waals surface area contributed by atoms with Crippen molar-refractivity contribution in [2.75, 3.05) is 13.6 Å². The number of rotatable bonds is 4. The lowest BCUT2D eigenvalue weighted by Gasteiger charge is -2.36. The largest absolute Gasteiger partial charge is 0.452 e. The number of carbonyl (C=O) groups is 1. The number of hydrogen-bond donors (Lipinski definition) is 0. The van der Waals surface area contributed by atoms with Crippen LogP contribution in [0.5, 0.6) is 0 Å². The molecule has 2 atom stereocenters. The number of ether oxygens (including phenoxy) is 1. The molecule has 0 aliphatic carbocycles. The molecule has 1 heterocycles. The van der Waals surface area contributed by atoms with E-state index in [4.69, 9.17) is 4.74 Å². The van der Waals surface area contributed by atoms with Crippen LogP contribution >= 0.6 is 0 Å². The summed E-state index contributed by atoms with van der Waals surface area (Å²) < 4.78 is 5.93. The van der Waals surface area contributed by atoms with E-state index in [9.17, 15) is 4.79 Å². The van der Waals surface area contributed by atoms with Crippen molar-refractivity contribution in [1.29, 1.82) is 0 Å². The maximum atomic E-state index is 11.9. The van der Waals surface area contributed by atoms with Gasteiger partial charge in [-0.05, 0) is 19.0 Å². The van der Waals surface area contributed by atoms with Gasteiger partial charge < -0.3 is 4.74 Å². The van der Waals surface area contributed by atoms with Gasteiger partial charge in [0.05, 0.1) is 6.04 Å². The van der Waals surface area contributed by atoms with Gasteiger partial charge in [-0.25, -0.2) is 0 Å². The monoisotopic (exact) mass is 261 g/mol. The second kappa shape index (κ2) is 5.74. The lowest BCUT2D eigenvalue weighted by molar-refractivity contribution is -0.163. The van der Waals surface area contributed by atoms with Crippen molar-refractivity contribution in [3.05, 3.63) is 35.9 Å². The first-order chi connectivity index (χ1) is 9.14. The van der Waals surface area contributed by atoms with Gasteiger partial charge in [0.1, 0.15) is 0 Å². The van der Waals surface area contributed by atoms with Crippen LogP contribution in [0.15, 0.2) is 30.3 Å². The van der Waals surface area contributed by atoms with Crippen molar-refractivity contribution < 1.29 is 9.53 Å². The van der Waals surface area contributed by atoms with E-state index < -0.39 is 5.60 Å². The SMILES string of the molecule is CCC(=O)O[C@]1(c2ccccc2)CCN(C)[C@@H]1CC. The average molecular weight is 261 g/mol. The number of benzene rings is 1. The Bertz CT molecular complexity index is 432. The van der Waals surface area contributed by atoms with Gasteiger partial charge in [-0.15, -0.1) is 0 Å². The van der Waals surface area contributed by atoms with Crippen molar-refractivity contribution in [1.82, 2.24) is 4.90 Å². The summed E-state index contributed by atoms with van der Waals surface area (Å²) >= 11 is 0. The summed E-state index contributed by atoms with van der Waals surface area (Å²) in [6.45, 7) is 4.97. The number of carbonyl (C=O) groups excluding carboxylic acids is 1. The maximum Gasteiger partial charge on any atom is 0.306 e. The van der Waals surface area contributed by atoms with Crippen molar-refractivity contribution in [3.63, 3.8) is 0 Å². The molecule has 0 N–H and O–H groups in total. The minimum absolute atomic E-state index is 0.113. The first kappa shape index (κ1) is 14.1. The molecule has 0 radical (unpaired) electrons. The quantitative estimate of drug-likeness (QED) is 0.780. The third kappa shape index (κ3) is 2.52. The van der Waals surface area contributed by atoms with Crippen molar-refractivity contribution in [2.24, 2.45) is 0 Å². The van der Waals surface area contributed by atoms with Crippen LogP contribution in [0.4, 0.5) is 0 Å². The molecule has 19 heavy (non-hydrogen) atoms. The van der Waals surface area contributed by atoms with Crippen LogP contribution in [-0.2, 0) is 15.1 Å². The predicted octanol–water partition coefficient (Wildman–Crippen LogP) is 2.95. The van der Waals surface area contributed by atoms with Crippen LogP contribution in [0, 0.1) is 0 Å². The Hall–Kier alpha value is -1.35. The summed E-state index contributed by atoms with van der Waals surface area (Å²) in [5.74, 6) is -0.113. The summed E-state index contributed by atoms with van der Waals surface area (Å²) in [6.07, 6.45) is 2.27. The molecule has 0 aromatic heterocycles. The topological polar surface area (TPSA) is 29.5 Å². The predicted molar refractivity (Wildman–Crippen MR) is 75.8 cm³/mol. The first-order valence-electron chi connectivity index (χ1n) is 7.11. The summed E-state index contributed by atoms with van der Waals surface area (Å²) in [5.41, 5.74) is 0.644. The van der Waals surface area contributed by atoms with Crippen molar-refractivity contribution in [3.8, 4) is 0 Å². The molecule has 0 unspecified atom stereocenters. The molecular formula is C16H23NO2. The van der Waals surface area contributed by atoms with Gasteiger partial charge in [-0.3, -0.25) is 9.69 Å². The summed E-state index contributed by atoms with van der Waals surface area (Å²) in [6, 6.07) is 10.4. The zero-order chi connectivity index (χ0) is 13.9. The Balaban J connectivity index is 2.41. The molecule has 1 saturated heterocycles. The lowest BCUT2D eigenvalue weighted by Crippen LogP contribution is -2.44. The van der Waals surface area contributed by atoms with E-state index >= 15 is 0 Å². The number of nitrogens with zero attached hydrogens (tertiary/aromatic N) is 1. The Morgan fingerprint density at radius 3 is 2.63 bits per heavy atom. The van der Waals surface area contributed by atoms with E-state index in [0.717, 1.165) is 24.9 Å². The fraction of sp³-hybridized carbons (Fsp3) is 0.562. The van der Waals surface area contributed by atoms with E-state index in [1.165, 1.54) is 0 Å². The molecule has 104 valence electrons. The van der Waals surface area contributed by atoms with Crippen LogP contribution in [0.25, 0.3) is 0 Å². The molecule has 1 aliphatic heterocycles. The fourth-order valence-electron chi connectivity index (χ4n) is 3.17. The minimum atomic E-state index is -0.474. The highest BCUT2D eigenvalue weighted by Gasteiger charge is 2.49. The van der Waals surface area contributed by atoms with Crippen LogP contribution < -0.4 is 0 Å². The van der Waals surface area contributed by atoms with Crippen LogP contribution in [-0.4, -0.2) is 30.5 Å². The minimum Gasteiger partial charge on any atom is -0.452 e. The highest BCUT2D eigenvalue weighted by Crippen LogP contribution is 2.42. The van der Waals surface area contributed by atoms with Gasteiger partial charge in [0.25, 0.3) is 0 Å². The molecule has 1 aromatic carbocycles.